The Labute approximate surface area is 99.6 Å². The van der Waals surface area contributed by atoms with Gasteiger partial charge in [-0.1, -0.05) is 0 Å². The van der Waals surface area contributed by atoms with E-state index in [4.69, 9.17) is 4.74 Å². The van der Waals surface area contributed by atoms with Gasteiger partial charge in [0.05, 0.1) is 6.10 Å². The Bertz CT molecular complexity index is 498. The summed E-state index contributed by atoms with van der Waals surface area (Å²) in [6.07, 6.45) is 3.59. The van der Waals surface area contributed by atoms with Crippen molar-refractivity contribution in [1.82, 2.24) is 10.4 Å². The van der Waals surface area contributed by atoms with Crippen LogP contribution in [0, 0.1) is 6.92 Å². The minimum atomic E-state index is -0.243. The second-order valence-electron chi connectivity index (χ2n) is 4.21. The molecule has 2 N–H and O–H groups in total. The zero-order chi connectivity index (χ0) is 12.4. The van der Waals surface area contributed by atoms with E-state index in [1.807, 2.05) is 33.0 Å². The molecule has 0 spiro atoms. The first-order chi connectivity index (χ1) is 8.06. The Morgan fingerprint density at radius 2 is 2.24 bits per heavy atom. The molecule has 0 bridgehead atoms. The first kappa shape index (κ1) is 11.4. The molecule has 1 aliphatic heterocycles. The smallest absolute Gasteiger partial charge is 0.277 e. The van der Waals surface area contributed by atoms with Crippen LogP contribution >= 0.6 is 0 Å². The topological polar surface area (TPSA) is 66.5 Å². The summed E-state index contributed by atoms with van der Waals surface area (Å²) < 4.78 is 5.46. The number of carbonyl (C=O) groups excluding carboxylic acids is 1. The highest BCUT2D eigenvalue weighted by molar-refractivity contribution is 6.24. The van der Waals surface area contributed by atoms with Crippen LogP contribution in [-0.2, 0) is 9.53 Å². The fraction of sp³-hybridized carbons (Fsp3) is 0.333. The van der Waals surface area contributed by atoms with Crippen LogP contribution in [0.2, 0.25) is 0 Å². The molecule has 5 heteroatoms. The molecule has 0 saturated heterocycles. The summed E-state index contributed by atoms with van der Waals surface area (Å²) in [6, 6.07) is 1.95. The Kier molecular flexibility index (Phi) is 2.99. The highest BCUT2D eigenvalue weighted by atomic mass is 16.5. The van der Waals surface area contributed by atoms with Crippen LogP contribution in [0.15, 0.2) is 22.9 Å². The van der Waals surface area contributed by atoms with Crippen molar-refractivity contribution in [3.63, 3.8) is 0 Å². The number of ether oxygens (including phenoxy) is 1. The number of hydrogen-bond acceptors (Lipinski definition) is 3. The number of rotatable bonds is 2. The molecule has 90 valence electrons. The average molecular weight is 233 g/mol. The van der Waals surface area contributed by atoms with E-state index >= 15 is 0 Å². The monoisotopic (exact) mass is 233 g/mol. The molecule has 1 aliphatic rings. The van der Waals surface area contributed by atoms with Crippen LogP contribution in [0.1, 0.15) is 25.1 Å². The molecule has 0 aromatic carbocycles. The van der Waals surface area contributed by atoms with Crippen LogP contribution in [0.3, 0.4) is 0 Å². The molecule has 0 radical (unpaired) electrons. The second-order valence-corrected chi connectivity index (χ2v) is 4.21. The lowest BCUT2D eigenvalue weighted by atomic mass is 10.2. The van der Waals surface area contributed by atoms with Gasteiger partial charge in [0.15, 0.2) is 0 Å². The van der Waals surface area contributed by atoms with E-state index in [-0.39, 0.29) is 12.0 Å². The number of amides is 1. The van der Waals surface area contributed by atoms with Gasteiger partial charge in [-0.05, 0) is 38.5 Å². The fourth-order valence-corrected chi connectivity index (χ4v) is 1.52. The lowest BCUT2D eigenvalue weighted by molar-refractivity contribution is -0.116. The van der Waals surface area contributed by atoms with E-state index in [2.05, 4.69) is 15.5 Å². The van der Waals surface area contributed by atoms with Crippen molar-refractivity contribution < 1.29 is 9.53 Å². The van der Waals surface area contributed by atoms with Crippen LogP contribution < -0.4 is 5.43 Å². The third kappa shape index (κ3) is 2.55. The minimum Gasteiger partial charge on any atom is -0.473 e. The molecule has 5 nitrogen and oxygen atoms in total. The number of H-pyrrole nitrogens is 1. The molecule has 0 fully saturated rings. The van der Waals surface area contributed by atoms with Crippen molar-refractivity contribution in [1.29, 1.82) is 0 Å². The normalized spacial score (nSPS) is 17.5. The van der Waals surface area contributed by atoms with Crippen molar-refractivity contribution in [2.75, 3.05) is 0 Å². The van der Waals surface area contributed by atoms with Gasteiger partial charge in [0.25, 0.3) is 5.91 Å². The molecule has 0 saturated carbocycles. The van der Waals surface area contributed by atoms with E-state index < -0.39 is 0 Å². The van der Waals surface area contributed by atoms with E-state index in [1.54, 1.807) is 6.08 Å². The molecular weight excluding hydrogens is 218 g/mol. The van der Waals surface area contributed by atoms with Crippen LogP contribution in [0.25, 0.3) is 6.08 Å². The highest BCUT2D eigenvalue weighted by Crippen LogP contribution is 2.14. The van der Waals surface area contributed by atoms with E-state index in [1.165, 1.54) is 0 Å². The predicted octanol–water partition coefficient (Wildman–Crippen LogP) is 1.57. The average Bonchev–Trinajstić information content (AvgIpc) is 2.78. The van der Waals surface area contributed by atoms with E-state index in [9.17, 15) is 4.79 Å². The molecular formula is C12H15N3O2. The maximum Gasteiger partial charge on any atom is 0.277 e. The van der Waals surface area contributed by atoms with Crippen LogP contribution in [0.5, 0.6) is 0 Å². The summed E-state index contributed by atoms with van der Waals surface area (Å²) >= 11 is 0. The summed E-state index contributed by atoms with van der Waals surface area (Å²) in [7, 11) is 0. The summed E-state index contributed by atoms with van der Waals surface area (Å²) in [5.41, 5.74) is 4.80. The Morgan fingerprint density at radius 3 is 2.82 bits per heavy atom. The largest absolute Gasteiger partial charge is 0.473 e. The molecule has 0 unspecified atom stereocenters. The van der Waals surface area contributed by atoms with Crippen LogP contribution in [-0.4, -0.2) is 22.9 Å². The van der Waals surface area contributed by atoms with Gasteiger partial charge in [0.1, 0.15) is 5.57 Å². The van der Waals surface area contributed by atoms with Crippen LogP contribution in [0.4, 0.5) is 0 Å². The van der Waals surface area contributed by atoms with Crippen molar-refractivity contribution in [2.24, 2.45) is 5.10 Å². The van der Waals surface area contributed by atoms with Gasteiger partial charge in [-0.25, -0.2) is 5.43 Å². The number of aryl methyl sites for hydroxylation is 1. The van der Waals surface area contributed by atoms with Crippen molar-refractivity contribution in [2.45, 2.75) is 26.9 Å². The Morgan fingerprint density at radius 1 is 1.47 bits per heavy atom. The fourth-order valence-electron chi connectivity index (χ4n) is 1.52. The number of carbonyl (C=O) groups is 1. The number of hydrazone groups is 1. The molecule has 0 aliphatic carbocycles. The third-order valence-electron chi connectivity index (χ3n) is 2.23. The number of aromatic nitrogens is 1. The zero-order valence-electron chi connectivity index (χ0n) is 10.1. The Hall–Kier alpha value is -2.04. The van der Waals surface area contributed by atoms with Gasteiger partial charge >= 0.3 is 0 Å². The third-order valence-corrected chi connectivity index (χ3v) is 2.23. The molecule has 1 aromatic rings. The van der Waals surface area contributed by atoms with Gasteiger partial charge < -0.3 is 9.72 Å². The lowest BCUT2D eigenvalue weighted by Gasteiger charge is -2.08. The van der Waals surface area contributed by atoms with Gasteiger partial charge in [0, 0.05) is 11.9 Å². The molecule has 1 amide bonds. The van der Waals surface area contributed by atoms with Crippen molar-refractivity contribution >= 4 is 17.9 Å². The Balaban J connectivity index is 2.26. The number of aromatic amines is 1. The summed E-state index contributed by atoms with van der Waals surface area (Å²) in [6.45, 7) is 5.76. The molecule has 1 aromatic heterocycles. The zero-order valence-corrected chi connectivity index (χ0v) is 10.1. The SMILES string of the molecule is Cc1c[nH]c(/C=C2/C(=O)NN=C2OC(C)C)c1. The number of nitrogens with zero attached hydrogens (tertiary/aromatic N) is 1. The van der Waals surface area contributed by atoms with E-state index in [0.29, 0.717) is 11.5 Å². The molecule has 2 heterocycles. The standard InChI is InChI=1S/C12H15N3O2/c1-7(2)17-12-10(11(16)14-15-12)5-9-4-8(3)6-13-9/h4-7,13H,1-3H3,(H,14,16)/b10-5-. The first-order valence-corrected chi connectivity index (χ1v) is 5.48. The first-order valence-electron chi connectivity index (χ1n) is 5.48. The quantitative estimate of drug-likeness (QED) is 0.761. The second kappa shape index (κ2) is 4.45. The van der Waals surface area contributed by atoms with Gasteiger partial charge in [-0.3, -0.25) is 4.79 Å². The molecule has 17 heavy (non-hydrogen) atoms. The van der Waals surface area contributed by atoms with Gasteiger partial charge in [-0.15, -0.1) is 5.10 Å². The minimum absolute atomic E-state index is 0.0183. The van der Waals surface area contributed by atoms with Gasteiger partial charge in [0.2, 0.25) is 5.90 Å². The predicted molar refractivity (Wildman–Crippen MR) is 65.3 cm³/mol. The highest BCUT2D eigenvalue weighted by Gasteiger charge is 2.25. The number of hydrogen-bond donors (Lipinski definition) is 2. The summed E-state index contributed by atoms with van der Waals surface area (Å²) in [5, 5.41) is 3.85. The van der Waals surface area contributed by atoms with Crippen molar-refractivity contribution in [3.05, 3.63) is 29.1 Å². The van der Waals surface area contributed by atoms with Crippen molar-refractivity contribution in [3.8, 4) is 0 Å². The lowest BCUT2D eigenvalue weighted by Crippen LogP contribution is -2.16. The summed E-state index contributed by atoms with van der Waals surface area (Å²) in [4.78, 5) is 14.6. The van der Waals surface area contributed by atoms with Gasteiger partial charge in [-0.2, -0.15) is 0 Å². The molecule has 2 rings (SSSR count). The number of nitrogens with one attached hydrogen (secondary N) is 2. The molecule has 0 atom stereocenters. The van der Waals surface area contributed by atoms with E-state index in [0.717, 1.165) is 11.3 Å². The maximum absolute atomic E-state index is 11.6. The maximum atomic E-state index is 11.6. The summed E-state index contributed by atoms with van der Waals surface area (Å²) in [5.74, 6) is 0.102.